The molecule has 0 aromatic heterocycles. The second-order valence-corrected chi connectivity index (χ2v) is 5.62. The van der Waals surface area contributed by atoms with Gasteiger partial charge in [0, 0.05) is 0 Å². The summed E-state index contributed by atoms with van der Waals surface area (Å²) in [5.74, 6) is 1.66. The fourth-order valence-corrected chi connectivity index (χ4v) is 3.05. The summed E-state index contributed by atoms with van der Waals surface area (Å²) in [6, 6.07) is 13.5. The third-order valence-corrected chi connectivity index (χ3v) is 4.50. The Kier molecular flexibility index (Phi) is 4.63. The molecule has 0 fully saturated rings. The molecule has 2 aromatic carbocycles. The molecule has 102 valence electrons. The Balaban J connectivity index is 0.000000637. The molecule has 0 saturated heterocycles. The topological polar surface area (TPSA) is 0 Å². The number of hydrogen-bond acceptors (Lipinski definition) is 0. The van der Waals surface area contributed by atoms with Gasteiger partial charge in [-0.2, -0.15) is 0 Å². The molecule has 0 amide bonds. The third-order valence-electron chi connectivity index (χ3n) is 4.50. The van der Waals surface area contributed by atoms with Crippen LogP contribution in [-0.2, 0) is 12.8 Å². The highest BCUT2D eigenvalue weighted by atomic mass is 14.3. The van der Waals surface area contributed by atoms with Crippen molar-refractivity contribution >= 4 is 10.8 Å². The quantitative estimate of drug-likeness (QED) is 0.535. The normalized spacial score (nSPS) is 22.1. The van der Waals surface area contributed by atoms with E-state index in [1.54, 1.807) is 11.1 Å². The number of benzene rings is 2. The molecule has 1 aliphatic carbocycles. The molecule has 2 atom stereocenters. The van der Waals surface area contributed by atoms with Crippen LogP contribution in [0.5, 0.6) is 0 Å². The van der Waals surface area contributed by atoms with Crippen molar-refractivity contribution in [3.8, 4) is 0 Å². The molecular weight excluding hydrogens is 228 g/mol. The fourth-order valence-electron chi connectivity index (χ4n) is 3.05. The third kappa shape index (κ3) is 2.83. The average molecular weight is 254 g/mol. The smallest absolute Gasteiger partial charge is 0.0149 e. The van der Waals surface area contributed by atoms with Crippen LogP contribution in [0.4, 0.5) is 0 Å². The summed E-state index contributed by atoms with van der Waals surface area (Å²) in [5.41, 5.74) is 3.19. The summed E-state index contributed by atoms with van der Waals surface area (Å²) in [6.45, 7) is 8.81. The second kappa shape index (κ2) is 6.23. The molecule has 0 N–H and O–H groups in total. The van der Waals surface area contributed by atoms with Gasteiger partial charge >= 0.3 is 0 Å². The van der Waals surface area contributed by atoms with Crippen molar-refractivity contribution < 1.29 is 0 Å². The van der Waals surface area contributed by atoms with E-state index in [2.05, 4.69) is 50.2 Å². The van der Waals surface area contributed by atoms with Crippen molar-refractivity contribution in [2.45, 2.75) is 47.0 Å². The highest BCUT2D eigenvalue weighted by Crippen LogP contribution is 2.33. The van der Waals surface area contributed by atoms with Gasteiger partial charge in [0.25, 0.3) is 0 Å². The van der Waals surface area contributed by atoms with Crippen LogP contribution in [0.1, 0.15) is 45.2 Å². The van der Waals surface area contributed by atoms with Gasteiger partial charge in [0.15, 0.2) is 0 Å². The van der Waals surface area contributed by atoms with E-state index in [1.807, 2.05) is 13.8 Å². The van der Waals surface area contributed by atoms with Gasteiger partial charge in [0.1, 0.15) is 0 Å². The number of hydrogen-bond donors (Lipinski definition) is 0. The summed E-state index contributed by atoms with van der Waals surface area (Å²) < 4.78 is 0. The van der Waals surface area contributed by atoms with Crippen LogP contribution in [0.2, 0.25) is 0 Å². The van der Waals surface area contributed by atoms with Crippen molar-refractivity contribution in [3.05, 3.63) is 47.5 Å². The molecule has 0 aliphatic heterocycles. The Hall–Kier alpha value is -1.30. The highest BCUT2D eigenvalue weighted by molar-refractivity contribution is 5.86. The van der Waals surface area contributed by atoms with Crippen LogP contribution in [0.15, 0.2) is 36.4 Å². The number of fused-ring (bicyclic) bond motifs is 3. The largest absolute Gasteiger partial charge is 0.0683 e. The average Bonchev–Trinajstić information content (AvgIpc) is 2.61. The zero-order valence-electron chi connectivity index (χ0n) is 12.7. The maximum Gasteiger partial charge on any atom is -0.0149 e. The van der Waals surface area contributed by atoms with Crippen LogP contribution in [0.25, 0.3) is 10.8 Å². The van der Waals surface area contributed by atoms with Crippen LogP contribution < -0.4 is 0 Å². The van der Waals surface area contributed by atoms with Crippen LogP contribution in [-0.4, -0.2) is 0 Å². The first-order valence-corrected chi connectivity index (χ1v) is 7.75. The van der Waals surface area contributed by atoms with E-state index in [9.17, 15) is 0 Å². The lowest BCUT2D eigenvalue weighted by atomic mass is 9.89. The first-order valence-electron chi connectivity index (χ1n) is 7.75. The SMILES string of the molecule is CC.CC1CCc2ccc3ccccc3c2CC1C. The summed E-state index contributed by atoms with van der Waals surface area (Å²) in [7, 11) is 0. The van der Waals surface area contributed by atoms with Crippen molar-refractivity contribution in [1.82, 2.24) is 0 Å². The molecule has 19 heavy (non-hydrogen) atoms. The van der Waals surface area contributed by atoms with Crippen LogP contribution in [0, 0.1) is 11.8 Å². The van der Waals surface area contributed by atoms with Gasteiger partial charge in [0.05, 0.1) is 0 Å². The van der Waals surface area contributed by atoms with E-state index in [-0.39, 0.29) is 0 Å². The van der Waals surface area contributed by atoms with Gasteiger partial charge in [-0.3, -0.25) is 0 Å². The molecule has 0 heteroatoms. The lowest BCUT2D eigenvalue weighted by molar-refractivity contribution is 0.376. The maximum atomic E-state index is 2.40. The van der Waals surface area contributed by atoms with Gasteiger partial charge in [0.2, 0.25) is 0 Å². The number of rotatable bonds is 0. The molecule has 2 unspecified atom stereocenters. The first kappa shape index (κ1) is 14.1. The Morgan fingerprint density at radius 3 is 2.42 bits per heavy atom. The van der Waals surface area contributed by atoms with Gasteiger partial charge < -0.3 is 0 Å². The Morgan fingerprint density at radius 2 is 1.63 bits per heavy atom. The maximum absolute atomic E-state index is 2.40. The van der Waals surface area contributed by atoms with E-state index in [0.717, 1.165) is 11.8 Å². The molecule has 3 rings (SSSR count). The lowest BCUT2D eigenvalue weighted by Gasteiger charge is -2.16. The Morgan fingerprint density at radius 1 is 0.895 bits per heavy atom. The minimum Gasteiger partial charge on any atom is -0.0683 e. The van der Waals surface area contributed by atoms with E-state index < -0.39 is 0 Å². The monoisotopic (exact) mass is 254 g/mol. The lowest BCUT2D eigenvalue weighted by Crippen LogP contribution is -2.08. The molecule has 0 radical (unpaired) electrons. The standard InChI is InChI=1S/C17H20.C2H6/c1-12-7-8-15-10-9-14-5-3-4-6-16(14)17(15)11-13(12)2;1-2/h3-6,9-10,12-13H,7-8,11H2,1-2H3;1-2H3. The first-order chi connectivity index (χ1) is 9.25. The van der Waals surface area contributed by atoms with Gasteiger partial charge in [-0.25, -0.2) is 0 Å². The number of aryl methyl sites for hydroxylation is 1. The summed E-state index contributed by atoms with van der Waals surface area (Å²) in [4.78, 5) is 0. The van der Waals surface area contributed by atoms with Crippen LogP contribution in [0.3, 0.4) is 0 Å². The highest BCUT2D eigenvalue weighted by Gasteiger charge is 2.20. The van der Waals surface area contributed by atoms with E-state index in [4.69, 9.17) is 0 Å². The van der Waals surface area contributed by atoms with Crippen LogP contribution >= 0.6 is 0 Å². The van der Waals surface area contributed by atoms with Gasteiger partial charge in [-0.1, -0.05) is 64.1 Å². The van der Waals surface area contributed by atoms with Crippen molar-refractivity contribution in [2.75, 3.05) is 0 Å². The summed E-state index contributed by atoms with van der Waals surface area (Å²) in [5, 5.41) is 2.87. The zero-order chi connectivity index (χ0) is 13.8. The molecule has 1 aliphatic rings. The molecule has 0 nitrogen and oxygen atoms in total. The van der Waals surface area contributed by atoms with Crippen molar-refractivity contribution in [2.24, 2.45) is 11.8 Å². The molecule has 0 spiro atoms. The minimum atomic E-state index is 0.807. The van der Waals surface area contributed by atoms with E-state index in [1.165, 1.54) is 30.0 Å². The predicted molar refractivity (Wildman–Crippen MR) is 85.6 cm³/mol. The van der Waals surface area contributed by atoms with E-state index in [0.29, 0.717) is 0 Å². The molecule has 0 bridgehead atoms. The van der Waals surface area contributed by atoms with Gasteiger partial charge in [-0.05, 0) is 53.0 Å². The van der Waals surface area contributed by atoms with Crippen molar-refractivity contribution in [3.63, 3.8) is 0 Å². The summed E-state index contributed by atoms with van der Waals surface area (Å²) >= 11 is 0. The molecular formula is C19H26. The molecule has 0 heterocycles. The van der Waals surface area contributed by atoms with E-state index >= 15 is 0 Å². The Labute approximate surface area is 117 Å². The molecule has 0 saturated carbocycles. The Bertz CT molecular complexity index is 539. The predicted octanol–water partition coefficient (Wildman–Crippen LogP) is 5.63. The minimum absolute atomic E-state index is 0.807. The summed E-state index contributed by atoms with van der Waals surface area (Å²) in [6.07, 6.45) is 3.84. The second-order valence-electron chi connectivity index (χ2n) is 5.62. The van der Waals surface area contributed by atoms with Crippen molar-refractivity contribution in [1.29, 1.82) is 0 Å². The van der Waals surface area contributed by atoms with Gasteiger partial charge in [-0.15, -0.1) is 0 Å². The molecule has 2 aromatic rings. The fraction of sp³-hybridized carbons (Fsp3) is 0.474. The zero-order valence-corrected chi connectivity index (χ0v) is 12.7.